The second-order valence-electron chi connectivity index (χ2n) is 5.20. The standard InChI is InChI=1S/C17H18BrFO2/c1-11(2)21-14-6-4-13(5-7-14)17(20)10-12-3-8-16(19)15(18)9-12/h3-9,11,17,20H,10H2,1-2H3. The van der Waals surface area contributed by atoms with E-state index in [2.05, 4.69) is 15.9 Å². The van der Waals surface area contributed by atoms with Crippen LogP contribution in [0.5, 0.6) is 5.75 Å². The smallest absolute Gasteiger partial charge is 0.137 e. The van der Waals surface area contributed by atoms with Crippen LogP contribution in [0.15, 0.2) is 46.9 Å². The summed E-state index contributed by atoms with van der Waals surface area (Å²) in [5.74, 6) is 0.480. The Labute approximate surface area is 132 Å². The van der Waals surface area contributed by atoms with Crippen LogP contribution in [0.25, 0.3) is 0 Å². The molecule has 0 heterocycles. The van der Waals surface area contributed by atoms with Crippen molar-refractivity contribution in [1.82, 2.24) is 0 Å². The summed E-state index contributed by atoms with van der Waals surface area (Å²) in [5, 5.41) is 10.3. The summed E-state index contributed by atoms with van der Waals surface area (Å²) in [6.45, 7) is 3.93. The van der Waals surface area contributed by atoms with E-state index in [1.165, 1.54) is 6.07 Å². The lowest BCUT2D eigenvalue weighted by Gasteiger charge is -2.14. The van der Waals surface area contributed by atoms with Gasteiger partial charge >= 0.3 is 0 Å². The van der Waals surface area contributed by atoms with Gasteiger partial charge in [0.25, 0.3) is 0 Å². The molecule has 0 saturated heterocycles. The fourth-order valence-corrected chi connectivity index (χ4v) is 2.47. The van der Waals surface area contributed by atoms with Gasteiger partial charge in [0.1, 0.15) is 11.6 Å². The van der Waals surface area contributed by atoms with Crippen molar-refractivity contribution in [3.63, 3.8) is 0 Å². The first-order valence-electron chi connectivity index (χ1n) is 6.84. The number of hydrogen-bond donors (Lipinski definition) is 1. The molecule has 0 saturated carbocycles. The average Bonchev–Trinajstić information content (AvgIpc) is 2.43. The first-order valence-corrected chi connectivity index (χ1v) is 7.63. The third kappa shape index (κ3) is 4.55. The van der Waals surface area contributed by atoms with Crippen molar-refractivity contribution >= 4 is 15.9 Å². The summed E-state index contributed by atoms with van der Waals surface area (Å²) in [6, 6.07) is 12.2. The predicted molar refractivity (Wildman–Crippen MR) is 85.0 cm³/mol. The average molecular weight is 353 g/mol. The molecule has 0 radical (unpaired) electrons. The van der Waals surface area contributed by atoms with Gasteiger partial charge in [-0.15, -0.1) is 0 Å². The van der Waals surface area contributed by atoms with Crippen LogP contribution in [0.1, 0.15) is 31.1 Å². The number of aliphatic hydroxyl groups excluding tert-OH is 1. The van der Waals surface area contributed by atoms with Crippen LogP contribution >= 0.6 is 15.9 Å². The molecule has 1 atom stereocenters. The third-order valence-electron chi connectivity index (χ3n) is 3.05. The summed E-state index contributed by atoms with van der Waals surface area (Å²) in [6.07, 6.45) is -0.0729. The molecule has 2 rings (SSSR count). The highest BCUT2D eigenvalue weighted by Gasteiger charge is 2.10. The van der Waals surface area contributed by atoms with Crippen LogP contribution < -0.4 is 4.74 Å². The minimum Gasteiger partial charge on any atom is -0.491 e. The quantitative estimate of drug-likeness (QED) is 0.848. The Morgan fingerprint density at radius 2 is 1.81 bits per heavy atom. The Morgan fingerprint density at radius 3 is 2.38 bits per heavy atom. The number of hydrogen-bond acceptors (Lipinski definition) is 2. The fraction of sp³-hybridized carbons (Fsp3) is 0.294. The minimum absolute atomic E-state index is 0.123. The van der Waals surface area contributed by atoms with Gasteiger partial charge in [-0.05, 0) is 65.2 Å². The van der Waals surface area contributed by atoms with Crippen molar-refractivity contribution < 1.29 is 14.2 Å². The van der Waals surface area contributed by atoms with Crippen LogP contribution in [-0.2, 0) is 6.42 Å². The summed E-state index contributed by atoms with van der Waals surface area (Å²) < 4.78 is 19.2. The Morgan fingerprint density at radius 1 is 1.14 bits per heavy atom. The van der Waals surface area contributed by atoms with Gasteiger partial charge in [0.05, 0.1) is 16.7 Å². The lowest BCUT2D eigenvalue weighted by Crippen LogP contribution is -2.06. The molecule has 1 unspecified atom stereocenters. The van der Waals surface area contributed by atoms with Crippen LogP contribution in [0.4, 0.5) is 4.39 Å². The lowest BCUT2D eigenvalue weighted by atomic mass is 10.0. The van der Waals surface area contributed by atoms with Gasteiger partial charge in [0.15, 0.2) is 0 Å². The number of halogens is 2. The largest absolute Gasteiger partial charge is 0.491 e. The van der Waals surface area contributed by atoms with Gasteiger partial charge in [0, 0.05) is 6.42 Å². The Hall–Kier alpha value is -1.39. The van der Waals surface area contributed by atoms with Crippen molar-refractivity contribution in [2.24, 2.45) is 0 Å². The van der Waals surface area contributed by atoms with Gasteiger partial charge in [-0.25, -0.2) is 4.39 Å². The van der Waals surface area contributed by atoms with E-state index >= 15 is 0 Å². The summed E-state index contributed by atoms with van der Waals surface area (Å²) >= 11 is 3.15. The number of aliphatic hydroxyl groups is 1. The van der Waals surface area contributed by atoms with Crippen molar-refractivity contribution in [3.05, 3.63) is 63.9 Å². The number of benzene rings is 2. The van der Waals surface area contributed by atoms with Crippen LogP contribution in [-0.4, -0.2) is 11.2 Å². The van der Waals surface area contributed by atoms with Gasteiger partial charge in [0.2, 0.25) is 0 Å². The van der Waals surface area contributed by atoms with E-state index in [-0.39, 0.29) is 11.9 Å². The van der Waals surface area contributed by atoms with E-state index < -0.39 is 6.10 Å². The second-order valence-corrected chi connectivity index (χ2v) is 6.06. The molecule has 0 aromatic heterocycles. The molecule has 2 aromatic rings. The topological polar surface area (TPSA) is 29.5 Å². The van der Waals surface area contributed by atoms with Crippen molar-refractivity contribution in [1.29, 1.82) is 0 Å². The maximum atomic E-state index is 13.2. The van der Waals surface area contributed by atoms with Crippen LogP contribution in [0.3, 0.4) is 0 Å². The molecule has 0 bridgehead atoms. The first-order chi connectivity index (χ1) is 9.95. The van der Waals surface area contributed by atoms with Crippen LogP contribution in [0, 0.1) is 5.82 Å². The molecule has 1 N–H and O–H groups in total. The molecular formula is C17H18BrFO2. The minimum atomic E-state index is -0.629. The normalized spacial score (nSPS) is 12.5. The molecule has 4 heteroatoms. The molecule has 0 spiro atoms. The zero-order valence-corrected chi connectivity index (χ0v) is 13.6. The first kappa shape index (κ1) is 16.0. The van der Waals surface area contributed by atoms with Crippen molar-refractivity contribution in [3.8, 4) is 5.75 Å². The van der Waals surface area contributed by atoms with Gasteiger partial charge in [-0.1, -0.05) is 18.2 Å². The third-order valence-corrected chi connectivity index (χ3v) is 3.66. The molecule has 0 aliphatic heterocycles. The summed E-state index contributed by atoms with van der Waals surface area (Å²) in [7, 11) is 0. The molecular weight excluding hydrogens is 335 g/mol. The zero-order valence-electron chi connectivity index (χ0n) is 12.0. The maximum Gasteiger partial charge on any atom is 0.137 e. The van der Waals surface area contributed by atoms with E-state index in [0.717, 1.165) is 16.9 Å². The van der Waals surface area contributed by atoms with E-state index in [4.69, 9.17) is 4.74 Å². The molecule has 0 fully saturated rings. The van der Waals surface area contributed by atoms with E-state index in [1.807, 2.05) is 38.1 Å². The molecule has 0 amide bonds. The number of ether oxygens (including phenoxy) is 1. The molecule has 0 aliphatic carbocycles. The highest BCUT2D eigenvalue weighted by Crippen LogP contribution is 2.24. The van der Waals surface area contributed by atoms with Crippen molar-refractivity contribution in [2.75, 3.05) is 0 Å². The van der Waals surface area contributed by atoms with Gasteiger partial charge in [-0.2, -0.15) is 0 Å². The molecule has 21 heavy (non-hydrogen) atoms. The van der Waals surface area contributed by atoms with Crippen molar-refractivity contribution in [2.45, 2.75) is 32.5 Å². The van der Waals surface area contributed by atoms with Crippen LogP contribution in [0.2, 0.25) is 0 Å². The molecule has 112 valence electrons. The maximum absolute atomic E-state index is 13.2. The predicted octanol–water partition coefficient (Wildman–Crippen LogP) is 4.65. The van der Waals surface area contributed by atoms with Gasteiger partial charge in [-0.3, -0.25) is 0 Å². The van der Waals surface area contributed by atoms with E-state index in [1.54, 1.807) is 12.1 Å². The zero-order chi connectivity index (χ0) is 15.4. The highest BCUT2D eigenvalue weighted by atomic mass is 79.9. The monoisotopic (exact) mass is 352 g/mol. The van der Waals surface area contributed by atoms with E-state index in [9.17, 15) is 9.50 Å². The SMILES string of the molecule is CC(C)Oc1ccc(C(O)Cc2ccc(F)c(Br)c2)cc1. The molecule has 2 nitrogen and oxygen atoms in total. The molecule has 0 aliphatic rings. The van der Waals surface area contributed by atoms with Gasteiger partial charge < -0.3 is 9.84 Å². The second kappa shape index (κ2) is 7.05. The summed E-state index contributed by atoms with van der Waals surface area (Å²) in [5.41, 5.74) is 1.69. The molecule has 2 aromatic carbocycles. The number of rotatable bonds is 5. The van der Waals surface area contributed by atoms with E-state index in [0.29, 0.717) is 10.9 Å². The fourth-order valence-electron chi connectivity index (χ4n) is 2.05. The Bertz CT molecular complexity index is 596. The highest BCUT2D eigenvalue weighted by molar-refractivity contribution is 9.10. The Kier molecular flexibility index (Phi) is 5.37. The Balaban J connectivity index is 2.05. The summed E-state index contributed by atoms with van der Waals surface area (Å²) in [4.78, 5) is 0. The lowest BCUT2D eigenvalue weighted by molar-refractivity contribution is 0.178.